The summed E-state index contributed by atoms with van der Waals surface area (Å²) in [5.74, 6) is -0.135. The third kappa shape index (κ3) is 3.15. The van der Waals surface area contributed by atoms with E-state index < -0.39 is 0 Å². The molecule has 1 N–H and O–H groups in total. The summed E-state index contributed by atoms with van der Waals surface area (Å²) in [4.78, 5) is 3.34. The summed E-state index contributed by atoms with van der Waals surface area (Å²) in [6.07, 6.45) is 2.32. The third-order valence-electron chi connectivity index (χ3n) is 3.49. The van der Waals surface area contributed by atoms with Crippen molar-refractivity contribution in [3.05, 3.63) is 44.8 Å². The zero-order valence-corrected chi connectivity index (χ0v) is 13.4. The number of benzene rings is 1. The average Bonchev–Trinajstić information content (AvgIpc) is 3.08. The highest BCUT2D eigenvalue weighted by atomic mass is 79.9. The summed E-state index contributed by atoms with van der Waals surface area (Å²) in [5, 5.41) is 3.26. The molecular weight excluding hydrogens is 339 g/mol. The summed E-state index contributed by atoms with van der Waals surface area (Å²) < 4.78 is 15.3. The fourth-order valence-corrected chi connectivity index (χ4v) is 3.89. The lowest BCUT2D eigenvalue weighted by molar-refractivity contribution is 0.623. The van der Waals surface area contributed by atoms with Gasteiger partial charge in [-0.2, -0.15) is 0 Å². The van der Waals surface area contributed by atoms with E-state index in [0.717, 1.165) is 47.6 Å². The van der Waals surface area contributed by atoms with Crippen LogP contribution >= 0.6 is 27.3 Å². The first kappa shape index (κ1) is 13.9. The lowest BCUT2D eigenvalue weighted by atomic mass is 10.2. The minimum Gasteiger partial charge on any atom is -0.380 e. The molecule has 0 atom stereocenters. The molecule has 0 aliphatic carbocycles. The SMILES string of the molecule is Fc1cc(NCc2ccc(Br)s2)ccc1N1CCCC1. The Hall–Kier alpha value is -1.07. The van der Waals surface area contributed by atoms with Crippen LogP contribution < -0.4 is 10.2 Å². The molecule has 1 aromatic heterocycles. The summed E-state index contributed by atoms with van der Waals surface area (Å²) in [5.41, 5.74) is 1.56. The van der Waals surface area contributed by atoms with Gasteiger partial charge in [0.25, 0.3) is 0 Å². The monoisotopic (exact) mass is 354 g/mol. The number of hydrogen-bond donors (Lipinski definition) is 1. The maximum atomic E-state index is 14.1. The number of nitrogens with zero attached hydrogens (tertiary/aromatic N) is 1. The zero-order valence-electron chi connectivity index (χ0n) is 11.0. The van der Waals surface area contributed by atoms with Crippen molar-refractivity contribution in [1.29, 1.82) is 0 Å². The van der Waals surface area contributed by atoms with E-state index in [1.165, 1.54) is 4.88 Å². The fourth-order valence-electron chi connectivity index (χ4n) is 2.47. The van der Waals surface area contributed by atoms with Crippen LogP contribution in [0.25, 0.3) is 0 Å². The Morgan fingerprint density at radius 2 is 2.00 bits per heavy atom. The molecule has 0 unspecified atom stereocenters. The Balaban J connectivity index is 1.67. The number of hydrogen-bond acceptors (Lipinski definition) is 3. The Bertz CT molecular complexity index is 593. The molecule has 5 heteroatoms. The standard InChI is InChI=1S/C15H16BrFN2S/c16-15-6-4-12(20-15)10-18-11-3-5-14(13(17)9-11)19-7-1-2-8-19/h3-6,9,18H,1-2,7-8,10H2. The van der Waals surface area contributed by atoms with E-state index in [9.17, 15) is 4.39 Å². The van der Waals surface area contributed by atoms with Crippen LogP contribution in [-0.2, 0) is 6.54 Å². The maximum absolute atomic E-state index is 14.1. The highest BCUT2D eigenvalue weighted by Crippen LogP contribution is 2.27. The van der Waals surface area contributed by atoms with Gasteiger partial charge in [0.1, 0.15) is 5.82 Å². The molecule has 0 radical (unpaired) electrons. The van der Waals surface area contributed by atoms with Crippen LogP contribution in [0.3, 0.4) is 0 Å². The van der Waals surface area contributed by atoms with Crippen LogP contribution in [-0.4, -0.2) is 13.1 Å². The Morgan fingerprint density at radius 1 is 1.20 bits per heavy atom. The first-order valence-electron chi connectivity index (χ1n) is 6.75. The van der Waals surface area contributed by atoms with Gasteiger partial charge in [0.2, 0.25) is 0 Å². The van der Waals surface area contributed by atoms with Gasteiger partial charge in [-0.1, -0.05) is 0 Å². The van der Waals surface area contributed by atoms with Gasteiger partial charge in [-0.3, -0.25) is 0 Å². The minimum absolute atomic E-state index is 0.135. The number of anilines is 2. The first-order chi connectivity index (χ1) is 9.72. The Labute approximate surface area is 130 Å². The van der Waals surface area contributed by atoms with Gasteiger partial charge >= 0.3 is 0 Å². The molecule has 1 aromatic carbocycles. The number of thiophene rings is 1. The fraction of sp³-hybridized carbons (Fsp3) is 0.333. The largest absolute Gasteiger partial charge is 0.380 e. The normalized spacial score (nSPS) is 14.8. The van der Waals surface area contributed by atoms with Crippen molar-refractivity contribution in [1.82, 2.24) is 0 Å². The molecule has 0 saturated carbocycles. The Kier molecular flexibility index (Phi) is 4.27. The average molecular weight is 355 g/mol. The molecule has 2 heterocycles. The van der Waals surface area contributed by atoms with Crippen LogP contribution in [0.2, 0.25) is 0 Å². The smallest absolute Gasteiger partial charge is 0.148 e. The number of rotatable bonds is 4. The molecule has 3 rings (SSSR count). The van der Waals surface area contributed by atoms with Gasteiger partial charge < -0.3 is 10.2 Å². The van der Waals surface area contributed by atoms with E-state index in [2.05, 4.69) is 32.2 Å². The second-order valence-corrected chi connectivity index (χ2v) is 7.47. The first-order valence-corrected chi connectivity index (χ1v) is 8.36. The van der Waals surface area contributed by atoms with Crippen molar-refractivity contribution in [3.63, 3.8) is 0 Å². The lowest BCUT2D eigenvalue weighted by Gasteiger charge is -2.19. The molecule has 2 nitrogen and oxygen atoms in total. The summed E-state index contributed by atoms with van der Waals surface area (Å²) >= 11 is 5.13. The van der Waals surface area contributed by atoms with Crippen molar-refractivity contribution in [2.45, 2.75) is 19.4 Å². The van der Waals surface area contributed by atoms with Crippen LogP contribution in [0.15, 0.2) is 34.1 Å². The van der Waals surface area contributed by atoms with Gasteiger partial charge in [0.15, 0.2) is 0 Å². The minimum atomic E-state index is -0.135. The molecule has 2 aromatic rings. The van der Waals surface area contributed by atoms with E-state index in [1.54, 1.807) is 17.4 Å². The van der Waals surface area contributed by atoms with Crippen LogP contribution in [0.4, 0.5) is 15.8 Å². The van der Waals surface area contributed by atoms with E-state index in [4.69, 9.17) is 0 Å². The van der Waals surface area contributed by atoms with Gasteiger partial charge in [0, 0.05) is 30.2 Å². The quantitative estimate of drug-likeness (QED) is 0.842. The summed E-state index contributed by atoms with van der Waals surface area (Å²) in [6, 6.07) is 9.53. The zero-order chi connectivity index (χ0) is 13.9. The molecule has 1 saturated heterocycles. The molecule has 1 fully saturated rings. The number of halogens is 2. The van der Waals surface area contributed by atoms with Gasteiger partial charge in [-0.25, -0.2) is 4.39 Å². The molecule has 1 aliphatic rings. The molecular formula is C15H16BrFN2S. The second-order valence-electron chi connectivity index (χ2n) is 4.92. The number of nitrogens with one attached hydrogen (secondary N) is 1. The van der Waals surface area contributed by atoms with Crippen molar-refractivity contribution in [2.24, 2.45) is 0 Å². The van der Waals surface area contributed by atoms with Crippen molar-refractivity contribution < 1.29 is 4.39 Å². The van der Waals surface area contributed by atoms with E-state index in [-0.39, 0.29) is 5.82 Å². The summed E-state index contributed by atoms with van der Waals surface area (Å²) in [7, 11) is 0. The van der Waals surface area contributed by atoms with E-state index in [0.29, 0.717) is 0 Å². The molecule has 20 heavy (non-hydrogen) atoms. The van der Waals surface area contributed by atoms with Crippen molar-refractivity contribution >= 4 is 38.6 Å². The molecule has 106 valence electrons. The molecule has 0 amide bonds. The van der Waals surface area contributed by atoms with Crippen LogP contribution in [0, 0.1) is 5.82 Å². The predicted molar refractivity (Wildman–Crippen MR) is 87.2 cm³/mol. The predicted octanol–water partition coefficient (Wildman–Crippen LogP) is 4.86. The van der Waals surface area contributed by atoms with Crippen molar-refractivity contribution in [3.8, 4) is 0 Å². The summed E-state index contributed by atoms with van der Waals surface area (Å²) in [6.45, 7) is 2.65. The molecule has 0 bridgehead atoms. The highest BCUT2D eigenvalue weighted by molar-refractivity contribution is 9.11. The van der Waals surface area contributed by atoms with E-state index >= 15 is 0 Å². The topological polar surface area (TPSA) is 15.3 Å². The van der Waals surface area contributed by atoms with Gasteiger partial charge in [-0.05, 0) is 59.1 Å². The lowest BCUT2D eigenvalue weighted by Crippen LogP contribution is -2.18. The molecule has 0 spiro atoms. The van der Waals surface area contributed by atoms with Gasteiger partial charge in [0.05, 0.1) is 9.47 Å². The van der Waals surface area contributed by atoms with Crippen LogP contribution in [0.5, 0.6) is 0 Å². The highest BCUT2D eigenvalue weighted by Gasteiger charge is 2.16. The van der Waals surface area contributed by atoms with Crippen LogP contribution in [0.1, 0.15) is 17.7 Å². The maximum Gasteiger partial charge on any atom is 0.148 e. The second kappa shape index (κ2) is 6.14. The third-order valence-corrected chi connectivity index (χ3v) is 5.11. The van der Waals surface area contributed by atoms with E-state index in [1.807, 2.05) is 18.2 Å². The van der Waals surface area contributed by atoms with Crippen molar-refractivity contribution in [2.75, 3.05) is 23.3 Å². The molecule has 1 aliphatic heterocycles. The van der Waals surface area contributed by atoms with Gasteiger partial charge in [-0.15, -0.1) is 11.3 Å². The Morgan fingerprint density at radius 3 is 2.65 bits per heavy atom.